The van der Waals surface area contributed by atoms with E-state index < -0.39 is 5.97 Å². The van der Waals surface area contributed by atoms with E-state index in [0.717, 1.165) is 16.9 Å². The molecular formula is C15H16N2O3S. The van der Waals surface area contributed by atoms with Crippen molar-refractivity contribution in [2.24, 2.45) is 0 Å². The summed E-state index contributed by atoms with van der Waals surface area (Å²) in [6.45, 7) is 5.31. The quantitative estimate of drug-likeness (QED) is 0.826. The molecule has 0 aliphatic rings. The van der Waals surface area contributed by atoms with E-state index in [2.05, 4.69) is 10.3 Å². The highest BCUT2D eigenvalue weighted by Gasteiger charge is 2.21. The molecule has 0 aliphatic carbocycles. The maximum absolute atomic E-state index is 11.5. The number of benzene rings is 1. The second-order valence-corrected chi connectivity index (χ2v) is 5.83. The van der Waals surface area contributed by atoms with E-state index in [1.54, 1.807) is 0 Å². The number of carboxylic acids is 1. The number of Topliss-reactive ketones (excluding diaryl/α,β-unsaturated/α-hetero) is 1. The summed E-state index contributed by atoms with van der Waals surface area (Å²) in [4.78, 5) is 26.7. The van der Waals surface area contributed by atoms with Crippen LogP contribution in [-0.4, -0.2) is 21.8 Å². The SMILES string of the molecule is CC(=O)c1sc(NC(C)c2ccc(C)cc2)nc1C(=O)O. The molecule has 0 amide bonds. The second kappa shape index (κ2) is 6.05. The van der Waals surface area contributed by atoms with Crippen molar-refractivity contribution in [2.45, 2.75) is 26.8 Å². The third kappa shape index (κ3) is 3.46. The molecule has 1 unspecified atom stereocenters. The summed E-state index contributed by atoms with van der Waals surface area (Å²) in [6.07, 6.45) is 0. The first-order valence-electron chi connectivity index (χ1n) is 6.46. The molecule has 110 valence electrons. The van der Waals surface area contributed by atoms with E-state index >= 15 is 0 Å². The number of aromatic carboxylic acids is 1. The molecule has 0 spiro atoms. The lowest BCUT2D eigenvalue weighted by molar-refractivity contribution is 0.0687. The molecule has 1 aromatic heterocycles. The summed E-state index contributed by atoms with van der Waals surface area (Å²) in [7, 11) is 0. The van der Waals surface area contributed by atoms with Gasteiger partial charge >= 0.3 is 5.97 Å². The number of carbonyl (C=O) groups is 2. The fourth-order valence-electron chi connectivity index (χ4n) is 1.89. The molecule has 5 nitrogen and oxygen atoms in total. The number of aromatic nitrogens is 1. The van der Waals surface area contributed by atoms with Gasteiger partial charge in [-0.2, -0.15) is 0 Å². The fourth-order valence-corrected chi connectivity index (χ4v) is 2.83. The van der Waals surface area contributed by atoms with Crippen molar-refractivity contribution in [2.75, 3.05) is 5.32 Å². The van der Waals surface area contributed by atoms with Gasteiger partial charge in [0.15, 0.2) is 16.6 Å². The van der Waals surface area contributed by atoms with Crippen LogP contribution in [0.1, 0.15) is 51.2 Å². The number of nitrogens with one attached hydrogen (secondary N) is 1. The number of anilines is 1. The molecule has 0 bridgehead atoms. The van der Waals surface area contributed by atoms with Gasteiger partial charge in [0.2, 0.25) is 0 Å². The summed E-state index contributed by atoms with van der Waals surface area (Å²) in [5.41, 5.74) is 2.05. The van der Waals surface area contributed by atoms with Gasteiger partial charge in [0.05, 0.1) is 6.04 Å². The molecule has 0 radical (unpaired) electrons. The van der Waals surface area contributed by atoms with Gasteiger partial charge < -0.3 is 10.4 Å². The third-order valence-electron chi connectivity index (χ3n) is 3.07. The van der Waals surface area contributed by atoms with Gasteiger partial charge in [-0.15, -0.1) is 0 Å². The molecule has 1 aromatic carbocycles. The lowest BCUT2D eigenvalue weighted by Crippen LogP contribution is -2.07. The Morgan fingerprint density at radius 1 is 1.29 bits per heavy atom. The second-order valence-electron chi connectivity index (χ2n) is 4.83. The van der Waals surface area contributed by atoms with Crippen LogP contribution in [0.15, 0.2) is 24.3 Å². The lowest BCUT2D eigenvalue weighted by atomic mass is 10.1. The molecule has 1 heterocycles. The van der Waals surface area contributed by atoms with Crippen LogP contribution in [0.25, 0.3) is 0 Å². The predicted octanol–water partition coefficient (Wildman–Crippen LogP) is 3.53. The number of carbonyl (C=O) groups excluding carboxylic acids is 1. The first-order chi connectivity index (χ1) is 9.88. The summed E-state index contributed by atoms with van der Waals surface area (Å²) >= 11 is 1.07. The van der Waals surface area contributed by atoms with Gasteiger partial charge in [-0.25, -0.2) is 9.78 Å². The van der Waals surface area contributed by atoms with Crippen molar-refractivity contribution in [3.63, 3.8) is 0 Å². The zero-order chi connectivity index (χ0) is 15.6. The van der Waals surface area contributed by atoms with Crippen LogP contribution in [0.3, 0.4) is 0 Å². The topological polar surface area (TPSA) is 79.3 Å². The van der Waals surface area contributed by atoms with E-state index in [1.165, 1.54) is 12.5 Å². The largest absolute Gasteiger partial charge is 0.476 e. The van der Waals surface area contributed by atoms with Crippen LogP contribution in [-0.2, 0) is 0 Å². The molecule has 0 fully saturated rings. The average Bonchev–Trinajstić information content (AvgIpc) is 2.83. The molecule has 0 saturated heterocycles. The Bertz CT molecular complexity index is 645. The van der Waals surface area contributed by atoms with E-state index in [-0.39, 0.29) is 22.4 Å². The van der Waals surface area contributed by atoms with Crippen LogP contribution in [0.5, 0.6) is 0 Å². The van der Waals surface area contributed by atoms with E-state index in [0.29, 0.717) is 5.13 Å². The summed E-state index contributed by atoms with van der Waals surface area (Å²) < 4.78 is 0. The standard InChI is InChI=1S/C15H16N2O3S/c1-8-4-6-11(7-5-8)9(2)16-15-17-12(14(19)20)13(21-15)10(3)18/h4-7,9H,1-3H3,(H,16,17)(H,19,20). The Hall–Kier alpha value is -2.21. The highest BCUT2D eigenvalue weighted by atomic mass is 32.1. The smallest absolute Gasteiger partial charge is 0.356 e. The minimum atomic E-state index is -1.19. The van der Waals surface area contributed by atoms with Gasteiger partial charge in [0.25, 0.3) is 0 Å². The van der Waals surface area contributed by atoms with Crippen LogP contribution in [0, 0.1) is 6.92 Å². The Kier molecular flexibility index (Phi) is 4.37. The number of rotatable bonds is 5. The number of thiazole rings is 1. The fraction of sp³-hybridized carbons (Fsp3) is 0.267. The molecule has 0 saturated carbocycles. The minimum Gasteiger partial charge on any atom is -0.476 e. The Balaban J connectivity index is 2.23. The first kappa shape index (κ1) is 15.2. The van der Waals surface area contributed by atoms with Crippen LogP contribution >= 0.6 is 11.3 Å². The molecule has 6 heteroatoms. The van der Waals surface area contributed by atoms with Crippen LogP contribution < -0.4 is 5.32 Å². The first-order valence-corrected chi connectivity index (χ1v) is 7.28. The zero-order valence-electron chi connectivity index (χ0n) is 12.0. The van der Waals surface area contributed by atoms with E-state index in [1.807, 2.05) is 38.1 Å². The average molecular weight is 304 g/mol. The van der Waals surface area contributed by atoms with Gasteiger partial charge in [-0.05, 0) is 19.4 Å². The van der Waals surface area contributed by atoms with Crippen molar-refractivity contribution < 1.29 is 14.7 Å². The highest BCUT2D eigenvalue weighted by Crippen LogP contribution is 2.27. The zero-order valence-corrected chi connectivity index (χ0v) is 12.8. The lowest BCUT2D eigenvalue weighted by Gasteiger charge is -2.13. The van der Waals surface area contributed by atoms with Crippen LogP contribution in [0.4, 0.5) is 5.13 Å². The Morgan fingerprint density at radius 3 is 2.38 bits per heavy atom. The molecule has 0 aliphatic heterocycles. The maximum atomic E-state index is 11.5. The maximum Gasteiger partial charge on any atom is 0.356 e. The molecule has 21 heavy (non-hydrogen) atoms. The number of ketones is 1. The summed E-state index contributed by atoms with van der Waals surface area (Å²) in [5, 5.41) is 12.6. The highest BCUT2D eigenvalue weighted by molar-refractivity contribution is 7.17. The Morgan fingerprint density at radius 2 is 1.90 bits per heavy atom. The van der Waals surface area contributed by atoms with E-state index in [9.17, 15) is 9.59 Å². The number of hydrogen-bond acceptors (Lipinski definition) is 5. The van der Waals surface area contributed by atoms with Gasteiger partial charge in [-0.1, -0.05) is 41.2 Å². The Labute approximate surface area is 126 Å². The number of nitrogens with zero attached hydrogens (tertiary/aromatic N) is 1. The molecule has 2 aromatic rings. The number of hydrogen-bond donors (Lipinski definition) is 2. The van der Waals surface area contributed by atoms with Crippen LogP contribution in [0.2, 0.25) is 0 Å². The van der Waals surface area contributed by atoms with Crippen molar-refractivity contribution in [3.05, 3.63) is 46.0 Å². The summed E-state index contributed by atoms with van der Waals surface area (Å²) in [5.74, 6) is -1.48. The third-order valence-corrected chi connectivity index (χ3v) is 4.15. The molecule has 2 N–H and O–H groups in total. The summed E-state index contributed by atoms with van der Waals surface area (Å²) in [6, 6.07) is 8.01. The predicted molar refractivity (Wildman–Crippen MR) is 82.3 cm³/mol. The van der Waals surface area contributed by atoms with E-state index in [4.69, 9.17) is 5.11 Å². The monoisotopic (exact) mass is 304 g/mol. The number of carboxylic acid groups (broad SMARTS) is 1. The van der Waals surface area contributed by atoms with Crippen molar-refractivity contribution >= 4 is 28.2 Å². The molecule has 1 atom stereocenters. The van der Waals surface area contributed by atoms with Crippen molar-refractivity contribution in [1.82, 2.24) is 4.98 Å². The van der Waals surface area contributed by atoms with Gasteiger partial charge in [0, 0.05) is 6.92 Å². The van der Waals surface area contributed by atoms with Crippen molar-refractivity contribution in [3.8, 4) is 0 Å². The van der Waals surface area contributed by atoms with Gasteiger partial charge in [-0.3, -0.25) is 4.79 Å². The van der Waals surface area contributed by atoms with Gasteiger partial charge in [0.1, 0.15) is 4.88 Å². The minimum absolute atomic E-state index is 0.0294. The van der Waals surface area contributed by atoms with Crippen molar-refractivity contribution in [1.29, 1.82) is 0 Å². The molecule has 2 rings (SSSR count). The number of aryl methyl sites for hydroxylation is 1. The normalized spacial score (nSPS) is 12.0. The molecular weight excluding hydrogens is 288 g/mol.